The number of carbonyl (C=O) groups excluding carboxylic acids is 1. The van der Waals surface area contributed by atoms with Crippen LogP contribution < -0.4 is 11.0 Å². The number of anilines is 1. The van der Waals surface area contributed by atoms with E-state index in [-0.39, 0.29) is 30.7 Å². The topological polar surface area (TPSA) is 82.5 Å². The second kappa shape index (κ2) is 9.03. The normalized spacial score (nSPS) is 23.5. The molecule has 3 atom stereocenters. The van der Waals surface area contributed by atoms with Crippen molar-refractivity contribution in [3.05, 3.63) is 58.6 Å². The van der Waals surface area contributed by atoms with Gasteiger partial charge in [0, 0.05) is 24.9 Å². The van der Waals surface area contributed by atoms with Crippen LogP contribution in [0.2, 0.25) is 0 Å². The molecule has 1 aliphatic rings. The zero-order chi connectivity index (χ0) is 20.9. The molecule has 1 amide bonds. The van der Waals surface area contributed by atoms with E-state index in [1.165, 1.54) is 0 Å². The molecular formula is C22H25N3O4. The van der Waals surface area contributed by atoms with Crippen LogP contribution in [0.15, 0.2) is 47.4 Å². The summed E-state index contributed by atoms with van der Waals surface area (Å²) in [5.41, 5.74) is -0.396. The van der Waals surface area contributed by atoms with Gasteiger partial charge in [-0.05, 0) is 37.5 Å². The van der Waals surface area contributed by atoms with Crippen molar-refractivity contribution < 1.29 is 14.3 Å². The van der Waals surface area contributed by atoms with E-state index in [1.807, 2.05) is 13.0 Å². The number of rotatable bonds is 7. The first-order valence-corrected chi connectivity index (χ1v) is 9.57. The number of terminal acetylenes is 1. The fourth-order valence-electron chi connectivity index (χ4n) is 3.86. The second-order valence-electron chi connectivity index (χ2n) is 7.13. The van der Waals surface area contributed by atoms with Crippen molar-refractivity contribution in [3.63, 3.8) is 0 Å². The maximum absolute atomic E-state index is 12.6. The summed E-state index contributed by atoms with van der Waals surface area (Å²) >= 11 is 0. The Kier molecular flexibility index (Phi) is 6.47. The molecule has 7 nitrogen and oxygen atoms in total. The lowest BCUT2D eigenvalue weighted by molar-refractivity contribution is -0.0964. The highest BCUT2D eigenvalue weighted by Crippen LogP contribution is 2.47. The third-order valence-electron chi connectivity index (χ3n) is 5.51. The zero-order valence-electron chi connectivity index (χ0n) is 16.6. The van der Waals surface area contributed by atoms with E-state index in [2.05, 4.69) is 16.2 Å². The van der Waals surface area contributed by atoms with E-state index < -0.39 is 11.1 Å². The molecule has 0 saturated heterocycles. The van der Waals surface area contributed by atoms with Gasteiger partial charge in [0.2, 0.25) is 0 Å². The Bertz CT molecular complexity index is 951. The largest absolute Gasteiger partial charge is 0.359 e. The van der Waals surface area contributed by atoms with E-state index in [0.29, 0.717) is 18.4 Å². The number of hydrogen-bond acceptors (Lipinski definition) is 5. The zero-order valence-corrected chi connectivity index (χ0v) is 16.6. The number of hydrogen-bond donors (Lipinski definition) is 1. The molecule has 1 aromatic carbocycles. The van der Waals surface area contributed by atoms with Crippen molar-refractivity contribution in [2.45, 2.75) is 38.3 Å². The average Bonchev–Trinajstić information content (AvgIpc) is 3.11. The lowest BCUT2D eigenvalue weighted by Crippen LogP contribution is -2.30. The minimum absolute atomic E-state index is 0.133. The van der Waals surface area contributed by atoms with Crippen molar-refractivity contribution in [3.8, 4) is 12.3 Å². The molecule has 1 fully saturated rings. The number of amides is 1. The third kappa shape index (κ3) is 4.39. The molecule has 7 heteroatoms. The monoisotopic (exact) mass is 395 g/mol. The summed E-state index contributed by atoms with van der Waals surface area (Å²) in [6, 6.07) is 10.2. The minimum Gasteiger partial charge on any atom is -0.359 e. The molecule has 0 radical (unpaired) electrons. The molecule has 1 aliphatic carbocycles. The standard InChI is InChI=1S/C22H25N3O4/c1-4-22(5-2)14-17(13-18(22)29-15-28-3)25-12-11-19(24-21(25)27)23-20(26)16-9-7-6-8-10-16/h1,6-12,17-18H,5,13-15H2,2-3H3,(H,23,24,26,27)/t17-,18-,22-/m0/s1. The number of carbonyl (C=O) groups is 1. The van der Waals surface area contributed by atoms with Crippen LogP contribution >= 0.6 is 0 Å². The Hall–Kier alpha value is -2.95. The molecule has 1 N–H and O–H groups in total. The van der Waals surface area contributed by atoms with Crippen LogP contribution in [0.4, 0.5) is 5.82 Å². The van der Waals surface area contributed by atoms with Gasteiger partial charge in [0.15, 0.2) is 0 Å². The van der Waals surface area contributed by atoms with Crippen LogP contribution in [0.1, 0.15) is 42.6 Å². The van der Waals surface area contributed by atoms with Crippen LogP contribution in [-0.2, 0) is 9.47 Å². The molecular weight excluding hydrogens is 370 g/mol. The van der Waals surface area contributed by atoms with E-state index >= 15 is 0 Å². The smallest absolute Gasteiger partial charge is 0.349 e. The minimum atomic E-state index is -0.456. The van der Waals surface area contributed by atoms with Gasteiger partial charge in [-0.15, -0.1) is 6.42 Å². The molecule has 1 saturated carbocycles. The van der Waals surface area contributed by atoms with Crippen molar-refractivity contribution in [1.29, 1.82) is 0 Å². The van der Waals surface area contributed by atoms with Crippen molar-refractivity contribution >= 4 is 11.7 Å². The number of benzene rings is 1. The summed E-state index contributed by atoms with van der Waals surface area (Å²) in [5.74, 6) is 2.78. The average molecular weight is 395 g/mol. The van der Waals surface area contributed by atoms with Crippen molar-refractivity contribution in [2.75, 3.05) is 19.2 Å². The summed E-state index contributed by atoms with van der Waals surface area (Å²) in [6.07, 6.45) is 9.23. The Morgan fingerprint density at radius 2 is 2.14 bits per heavy atom. The van der Waals surface area contributed by atoms with Gasteiger partial charge in [0.05, 0.1) is 11.5 Å². The maximum atomic E-state index is 12.6. The van der Waals surface area contributed by atoms with Gasteiger partial charge in [-0.2, -0.15) is 4.98 Å². The number of nitrogens with zero attached hydrogens (tertiary/aromatic N) is 2. The van der Waals surface area contributed by atoms with Gasteiger partial charge in [-0.1, -0.05) is 31.0 Å². The molecule has 0 aliphatic heterocycles. The highest BCUT2D eigenvalue weighted by Gasteiger charge is 2.47. The molecule has 29 heavy (non-hydrogen) atoms. The van der Waals surface area contributed by atoms with Crippen molar-refractivity contribution in [1.82, 2.24) is 9.55 Å². The SMILES string of the molecule is C#C[C@]1(CC)C[C@@H](n2ccc(NC(=O)c3ccccc3)nc2=O)C[C@@H]1OCOC. The van der Waals surface area contributed by atoms with Gasteiger partial charge in [-0.25, -0.2) is 4.79 Å². The maximum Gasteiger partial charge on any atom is 0.349 e. The summed E-state index contributed by atoms with van der Waals surface area (Å²) in [7, 11) is 1.56. The quantitative estimate of drug-likeness (QED) is 0.576. The number of methoxy groups -OCH3 is 1. The van der Waals surface area contributed by atoms with Gasteiger partial charge >= 0.3 is 5.69 Å². The molecule has 0 unspecified atom stereocenters. The molecule has 0 bridgehead atoms. The van der Waals surface area contributed by atoms with Gasteiger partial charge in [0.1, 0.15) is 12.6 Å². The van der Waals surface area contributed by atoms with E-state index in [9.17, 15) is 9.59 Å². The summed E-state index contributed by atoms with van der Waals surface area (Å²) < 4.78 is 12.4. The third-order valence-corrected chi connectivity index (χ3v) is 5.51. The lowest BCUT2D eigenvalue weighted by Gasteiger charge is -2.28. The first-order chi connectivity index (χ1) is 14.0. The van der Waals surface area contributed by atoms with Crippen LogP contribution in [0, 0.1) is 17.8 Å². The summed E-state index contributed by atoms with van der Waals surface area (Å²) in [4.78, 5) is 28.9. The Labute approximate surface area is 170 Å². The van der Waals surface area contributed by atoms with Gasteiger partial charge in [-0.3, -0.25) is 9.36 Å². The fraction of sp³-hybridized carbons (Fsp3) is 0.409. The number of nitrogens with one attached hydrogen (secondary N) is 1. The Morgan fingerprint density at radius 1 is 1.38 bits per heavy atom. The first-order valence-electron chi connectivity index (χ1n) is 9.57. The van der Waals surface area contributed by atoms with Gasteiger partial charge in [0.25, 0.3) is 5.91 Å². The molecule has 0 spiro atoms. The van der Waals surface area contributed by atoms with E-state index in [4.69, 9.17) is 15.9 Å². The molecule has 2 aromatic rings. The van der Waals surface area contributed by atoms with Crippen molar-refractivity contribution in [2.24, 2.45) is 5.41 Å². The van der Waals surface area contributed by atoms with Crippen LogP contribution in [0.3, 0.4) is 0 Å². The number of ether oxygens (including phenoxy) is 2. The highest BCUT2D eigenvalue weighted by atomic mass is 16.7. The van der Waals surface area contributed by atoms with E-state index in [1.54, 1.807) is 48.2 Å². The van der Waals surface area contributed by atoms with Crippen LogP contribution in [0.5, 0.6) is 0 Å². The molecule has 3 rings (SSSR count). The number of aromatic nitrogens is 2. The summed E-state index contributed by atoms with van der Waals surface area (Å²) in [6.45, 7) is 2.17. The Morgan fingerprint density at radius 3 is 2.76 bits per heavy atom. The summed E-state index contributed by atoms with van der Waals surface area (Å²) in [5, 5.41) is 2.66. The fourth-order valence-corrected chi connectivity index (χ4v) is 3.86. The van der Waals surface area contributed by atoms with Crippen LogP contribution in [-0.4, -0.2) is 35.5 Å². The predicted molar refractivity (Wildman–Crippen MR) is 109 cm³/mol. The van der Waals surface area contributed by atoms with E-state index in [0.717, 1.165) is 6.42 Å². The first kappa shape index (κ1) is 20.8. The molecule has 1 aromatic heterocycles. The second-order valence-corrected chi connectivity index (χ2v) is 7.13. The predicted octanol–water partition coefficient (Wildman–Crippen LogP) is 2.85. The molecule has 1 heterocycles. The Balaban J connectivity index is 1.77. The highest BCUT2D eigenvalue weighted by molar-refractivity contribution is 6.03. The molecule has 152 valence electrons. The van der Waals surface area contributed by atoms with Crippen LogP contribution in [0.25, 0.3) is 0 Å². The lowest BCUT2D eigenvalue weighted by atomic mass is 9.82. The van der Waals surface area contributed by atoms with Gasteiger partial charge < -0.3 is 14.8 Å².